The number of allylic oxidation sites excluding steroid dienone is 1. The summed E-state index contributed by atoms with van der Waals surface area (Å²) < 4.78 is 0. The normalized spacial score (nSPS) is 22.4. The summed E-state index contributed by atoms with van der Waals surface area (Å²) in [4.78, 5) is 8.36. The Labute approximate surface area is 61.4 Å². The maximum atomic E-state index is 4.33. The molecule has 0 N–H and O–H groups in total. The predicted molar refractivity (Wildman–Crippen MR) is 44.8 cm³/mol. The number of nitrogens with zero attached hydrogens (tertiary/aromatic N) is 2. The quantitative estimate of drug-likeness (QED) is 0.553. The van der Waals surface area contributed by atoms with Crippen molar-refractivity contribution >= 4 is 12.1 Å². The lowest BCUT2D eigenvalue weighted by Crippen LogP contribution is -1.98. The summed E-state index contributed by atoms with van der Waals surface area (Å²) in [5.41, 5.74) is 0. The van der Waals surface area contributed by atoms with Crippen LogP contribution in [-0.4, -0.2) is 18.1 Å². The lowest BCUT2D eigenvalue weighted by atomic mass is 10.3. The molecule has 1 aliphatic rings. The molecule has 1 atom stereocenters. The zero-order valence-corrected chi connectivity index (χ0v) is 6.41. The van der Waals surface area contributed by atoms with Crippen LogP contribution < -0.4 is 0 Å². The van der Waals surface area contributed by atoms with Gasteiger partial charge in [0.1, 0.15) is 5.84 Å². The first-order valence-corrected chi connectivity index (χ1v) is 3.61. The van der Waals surface area contributed by atoms with Crippen molar-refractivity contribution in [2.75, 3.05) is 0 Å². The van der Waals surface area contributed by atoms with Crippen molar-refractivity contribution in [3.63, 3.8) is 0 Å². The Morgan fingerprint density at radius 3 is 3.00 bits per heavy atom. The van der Waals surface area contributed by atoms with Crippen molar-refractivity contribution < 1.29 is 0 Å². The zero-order chi connectivity index (χ0) is 7.40. The summed E-state index contributed by atoms with van der Waals surface area (Å²) in [6.07, 6.45) is 6.67. The molecule has 0 aromatic carbocycles. The maximum Gasteiger partial charge on any atom is 0.147 e. The second-order valence-electron chi connectivity index (χ2n) is 2.38. The molecule has 0 fully saturated rings. The number of hydrogen-bond acceptors (Lipinski definition) is 1. The maximum absolute atomic E-state index is 4.33. The lowest BCUT2D eigenvalue weighted by Gasteiger charge is -1.99. The Morgan fingerprint density at radius 2 is 2.50 bits per heavy atom. The van der Waals surface area contributed by atoms with E-state index in [1.165, 1.54) is 0 Å². The molecule has 10 heavy (non-hydrogen) atoms. The van der Waals surface area contributed by atoms with Crippen LogP contribution in [0.1, 0.15) is 20.3 Å². The first-order chi connectivity index (χ1) is 4.83. The Balaban J connectivity index is 2.54. The average Bonchev–Trinajstić information content (AvgIpc) is 2.40. The third-order valence-electron chi connectivity index (χ3n) is 1.48. The van der Waals surface area contributed by atoms with Crippen LogP contribution in [0, 0.1) is 0 Å². The van der Waals surface area contributed by atoms with E-state index in [9.17, 15) is 0 Å². The monoisotopic (exact) mass is 136 g/mol. The fraction of sp³-hybridized carbons (Fsp3) is 0.500. The Kier molecular flexibility index (Phi) is 2.37. The predicted octanol–water partition coefficient (Wildman–Crippen LogP) is 1.82. The summed E-state index contributed by atoms with van der Waals surface area (Å²) in [5, 5.41) is 0. The van der Waals surface area contributed by atoms with Gasteiger partial charge >= 0.3 is 0 Å². The first kappa shape index (κ1) is 7.19. The second-order valence-corrected chi connectivity index (χ2v) is 2.38. The third kappa shape index (κ3) is 1.79. The van der Waals surface area contributed by atoms with E-state index in [-0.39, 0.29) is 0 Å². The summed E-state index contributed by atoms with van der Waals surface area (Å²) >= 11 is 0. The molecule has 0 radical (unpaired) electrons. The van der Waals surface area contributed by atoms with Gasteiger partial charge in [-0.25, -0.2) is 4.99 Å². The van der Waals surface area contributed by atoms with Crippen LogP contribution >= 0.6 is 0 Å². The largest absolute Gasteiger partial charge is 0.264 e. The highest BCUT2D eigenvalue weighted by atomic mass is 14.9. The SMILES string of the molecule is CCC(C)N=C1C=CC=N1. The molecule has 2 nitrogen and oxygen atoms in total. The third-order valence-corrected chi connectivity index (χ3v) is 1.48. The fourth-order valence-corrected chi connectivity index (χ4v) is 0.685. The molecule has 1 unspecified atom stereocenters. The molecular formula is C8H12N2. The van der Waals surface area contributed by atoms with Crippen LogP contribution in [0.2, 0.25) is 0 Å². The van der Waals surface area contributed by atoms with Crippen molar-refractivity contribution in [1.82, 2.24) is 0 Å². The number of hydrogen-bond donors (Lipinski definition) is 0. The van der Waals surface area contributed by atoms with E-state index in [0.717, 1.165) is 12.3 Å². The molecule has 0 bridgehead atoms. The smallest absolute Gasteiger partial charge is 0.147 e. The molecular weight excluding hydrogens is 124 g/mol. The molecule has 54 valence electrons. The van der Waals surface area contributed by atoms with Gasteiger partial charge in [0, 0.05) is 12.3 Å². The standard InChI is InChI=1S/C8H12N2/c1-3-7(2)10-8-5-4-6-9-8/h4-7H,3H2,1-2H3. The Bertz CT molecular complexity index is 175. The first-order valence-electron chi connectivity index (χ1n) is 3.61. The highest BCUT2D eigenvalue weighted by molar-refractivity contribution is 6.06. The zero-order valence-electron chi connectivity index (χ0n) is 6.41. The van der Waals surface area contributed by atoms with E-state index in [2.05, 4.69) is 23.8 Å². The van der Waals surface area contributed by atoms with Crippen molar-refractivity contribution in [2.45, 2.75) is 26.3 Å². The molecule has 1 rings (SSSR count). The molecule has 0 spiro atoms. The molecule has 0 saturated carbocycles. The van der Waals surface area contributed by atoms with Crippen LogP contribution in [0.15, 0.2) is 22.1 Å². The molecule has 0 aromatic rings. The number of aliphatic imine (C=N–C) groups is 2. The van der Waals surface area contributed by atoms with Crippen LogP contribution in [0.5, 0.6) is 0 Å². The van der Waals surface area contributed by atoms with E-state index < -0.39 is 0 Å². The highest BCUT2D eigenvalue weighted by Gasteiger charge is 1.97. The second kappa shape index (κ2) is 3.30. The van der Waals surface area contributed by atoms with Gasteiger partial charge in [0.25, 0.3) is 0 Å². The van der Waals surface area contributed by atoms with Crippen LogP contribution in [0.4, 0.5) is 0 Å². The average molecular weight is 136 g/mol. The van der Waals surface area contributed by atoms with Crippen LogP contribution in [0.3, 0.4) is 0 Å². The lowest BCUT2D eigenvalue weighted by molar-refractivity contribution is 0.717. The van der Waals surface area contributed by atoms with E-state index in [0.29, 0.717) is 6.04 Å². The van der Waals surface area contributed by atoms with Crippen molar-refractivity contribution in [3.05, 3.63) is 12.2 Å². The molecule has 0 saturated heterocycles. The molecule has 1 aliphatic heterocycles. The van der Waals surface area contributed by atoms with E-state index in [4.69, 9.17) is 0 Å². The summed E-state index contributed by atoms with van der Waals surface area (Å²) in [5.74, 6) is 0.856. The number of amidine groups is 1. The molecule has 0 aliphatic carbocycles. The molecule has 1 heterocycles. The summed E-state index contributed by atoms with van der Waals surface area (Å²) in [7, 11) is 0. The van der Waals surface area contributed by atoms with Crippen molar-refractivity contribution in [1.29, 1.82) is 0 Å². The van der Waals surface area contributed by atoms with Gasteiger partial charge < -0.3 is 0 Å². The van der Waals surface area contributed by atoms with Gasteiger partial charge in [-0.2, -0.15) is 0 Å². The van der Waals surface area contributed by atoms with E-state index in [1.54, 1.807) is 6.21 Å². The van der Waals surface area contributed by atoms with Gasteiger partial charge in [0.2, 0.25) is 0 Å². The van der Waals surface area contributed by atoms with Crippen LogP contribution in [0.25, 0.3) is 0 Å². The minimum atomic E-state index is 0.398. The Hall–Kier alpha value is -0.920. The highest BCUT2D eigenvalue weighted by Crippen LogP contribution is 1.99. The molecule has 0 amide bonds. The number of rotatable bonds is 2. The van der Waals surface area contributed by atoms with Gasteiger partial charge in [-0.1, -0.05) is 6.92 Å². The summed E-state index contributed by atoms with van der Waals surface area (Å²) in [6, 6.07) is 0.398. The van der Waals surface area contributed by atoms with Gasteiger partial charge in [-0.05, 0) is 25.5 Å². The minimum absolute atomic E-state index is 0.398. The van der Waals surface area contributed by atoms with Crippen molar-refractivity contribution in [3.8, 4) is 0 Å². The topological polar surface area (TPSA) is 24.7 Å². The summed E-state index contributed by atoms with van der Waals surface area (Å²) in [6.45, 7) is 4.21. The Morgan fingerprint density at radius 1 is 1.70 bits per heavy atom. The van der Waals surface area contributed by atoms with Gasteiger partial charge in [-0.3, -0.25) is 4.99 Å². The van der Waals surface area contributed by atoms with E-state index in [1.807, 2.05) is 12.2 Å². The van der Waals surface area contributed by atoms with Crippen LogP contribution in [-0.2, 0) is 0 Å². The van der Waals surface area contributed by atoms with Gasteiger partial charge in [0.15, 0.2) is 0 Å². The van der Waals surface area contributed by atoms with Crippen molar-refractivity contribution in [2.24, 2.45) is 9.98 Å². The molecule has 0 aromatic heterocycles. The van der Waals surface area contributed by atoms with Gasteiger partial charge in [0.05, 0.1) is 0 Å². The minimum Gasteiger partial charge on any atom is -0.264 e. The van der Waals surface area contributed by atoms with Gasteiger partial charge in [-0.15, -0.1) is 0 Å². The van der Waals surface area contributed by atoms with E-state index >= 15 is 0 Å². The fourth-order valence-electron chi connectivity index (χ4n) is 0.685. The molecule has 2 heteroatoms.